The molecule has 0 saturated heterocycles. The Morgan fingerprint density at radius 2 is 1.50 bits per heavy atom. The Bertz CT molecular complexity index is 807. The summed E-state index contributed by atoms with van der Waals surface area (Å²) in [4.78, 5) is 13.0. The molecule has 2 aromatic carbocycles. The minimum absolute atomic E-state index is 0. The fourth-order valence-electron chi connectivity index (χ4n) is 3.04. The number of carbonyl (C=O) groups is 1. The van der Waals surface area contributed by atoms with Crippen molar-refractivity contribution < 1.29 is 42.6 Å². The Kier molecular flexibility index (Phi) is 11.7. The van der Waals surface area contributed by atoms with Gasteiger partial charge >= 0.3 is 18.9 Å². The van der Waals surface area contributed by atoms with Gasteiger partial charge < -0.3 is 18.9 Å². The Morgan fingerprint density at radius 3 is 2.07 bits per heavy atom. The first-order valence-corrected chi connectivity index (χ1v) is 10.9. The van der Waals surface area contributed by atoms with Gasteiger partial charge in [-0.3, -0.25) is 4.79 Å². The number of hydrogen-bond donors (Lipinski definition) is 0. The summed E-state index contributed by atoms with van der Waals surface area (Å²) in [6.07, 6.45) is -0.805. The van der Waals surface area contributed by atoms with Crippen LogP contribution in [0.25, 0.3) is 0 Å². The van der Waals surface area contributed by atoms with Crippen LogP contribution in [0.3, 0.4) is 0 Å². The third-order valence-electron chi connectivity index (χ3n) is 4.31. The van der Waals surface area contributed by atoms with Gasteiger partial charge in [-0.05, 0) is 73.4 Å². The van der Waals surface area contributed by atoms with Crippen LogP contribution in [0.2, 0.25) is 0 Å². The van der Waals surface area contributed by atoms with Crippen LogP contribution in [0.1, 0.15) is 49.2 Å². The molecule has 0 amide bonds. The Hall–Kier alpha value is -1.34. The van der Waals surface area contributed by atoms with E-state index < -0.39 is 6.29 Å². The number of rotatable bonds is 11. The van der Waals surface area contributed by atoms with E-state index in [1.54, 1.807) is 6.07 Å². The van der Waals surface area contributed by atoms with Crippen LogP contribution < -0.4 is 33.6 Å². The zero-order valence-corrected chi connectivity index (χ0v) is 20.1. The van der Waals surface area contributed by atoms with E-state index in [0.29, 0.717) is 24.7 Å². The van der Waals surface area contributed by atoms with Crippen LogP contribution in [0.15, 0.2) is 36.4 Å². The summed E-state index contributed by atoms with van der Waals surface area (Å²) in [7, 11) is -0.0647. The Balaban J connectivity index is 0.00000450. The second kappa shape index (κ2) is 13.2. The van der Waals surface area contributed by atoms with Crippen LogP contribution in [0.5, 0.6) is 11.5 Å². The smallest absolute Gasteiger partial charge is 0.465 e. The van der Waals surface area contributed by atoms with Crippen LogP contribution in [-0.4, -0.2) is 31.3 Å². The van der Waals surface area contributed by atoms with E-state index in [1.165, 1.54) is 0 Å². The third kappa shape index (κ3) is 7.73. The van der Waals surface area contributed by atoms with Crippen molar-refractivity contribution in [2.45, 2.75) is 54.1 Å². The van der Waals surface area contributed by atoms with Gasteiger partial charge in [0.2, 0.25) is 0 Å². The van der Waals surface area contributed by atoms with Gasteiger partial charge in [0.05, 0.1) is 0 Å². The molecule has 0 aromatic heterocycles. The average Bonchev–Trinajstić information content (AvgIpc) is 2.64. The monoisotopic (exact) mass is 425 g/mol. The van der Waals surface area contributed by atoms with E-state index in [-0.39, 0.29) is 39.3 Å². The molecule has 158 valence electrons. The fraction of sp³-hybridized carbons (Fsp3) is 0.435. The van der Waals surface area contributed by atoms with Crippen molar-refractivity contribution in [3.05, 3.63) is 53.1 Å². The maximum absolute atomic E-state index is 13.0. The Labute approximate surface area is 193 Å². The number of hydrogen-bond acceptors (Lipinski definition) is 5. The maximum atomic E-state index is 13.0. The van der Waals surface area contributed by atoms with Crippen LogP contribution >= 0.6 is 8.58 Å². The minimum atomic E-state index is -0.432. The topological polar surface area (TPSA) is 54.0 Å². The van der Waals surface area contributed by atoms with Gasteiger partial charge in [-0.15, -0.1) is 0 Å². The van der Waals surface area contributed by atoms with Gasteiger partial charge in [0.15, 0.2) is 18.1 Å². The minimum Gasteiger partial charge on any atom is -0.465 e. The normalized spacial score (nSPS) is 13.0. The van der Waals surface area contributed by atoms with Gasteiger partial charge in [-0.1, -0.05) is 18.2 Å². The van der Waals surface area contributed by atoms with Crippen molar-refractivity contribution in [3.63, 3.8) is 0 Å². The zero-order chi connectivity index (χ0) is 21.4. The van der Waals surface area contributed by atoms with Crippen molar-refractivity contribution in [1.82, 2.24) is 0 Å². The second-order valence-electron chi connectivity index (χ2n) is 6.66. The first-order valence-electron chi connectivity index (χ1n) is 9.93. The van der Waals surface area contributed by atoms with Crippen LogP contribution in [0.4, 0.5) is 0 Å². The van der Waals surface area contributed by atoms with Gasteiger partial charge in [-0.2, -0.15) is 0 Å². The van der Waals surface area contributed by atoms with Crippen molar-refractivity contribution >= 4 is 19.4 Å². The molecule has 3 unspecified atom stereocenters. The summed E-state index contributed by atoms with van der Waals surface area (Å²) >= 11 is 0. The standard InChI is InChI=1S/C23H31O5P.Li/c1-7-25-17(5)27-19-12-13-21(20(14-19)28-18(6)26-8-2)29-23(24)22-15(3)10-9-11-16(22)4;/h9-14,17-18,29H,7-8H2,1-6H3;/q;+1. The quantitative estimate of drug-likeness (QED) is 0.313. The molecule has 2 rings (SSSR count). The van der Waals surface area contributed by atoms with E-state index >= 15 is 0 Å². The summed E-state index contributed by atoms with van der Waals surface area (Å²) in [5.41, 5.74) is 2.84. The predicted molar refractivity (Wildman–Crippen MR) is 118 cm³/mol. The third-order valence-corrected chi connectivity index (χ3v) is 5.47. The number of carbonyl (C=O) groups excluding carboxylic acids is 1. The van der Waals surface area contributed by atoms with E-state index in [0.717, 1.165) is 22.0 Å². The van der Waals surface area contributed by atoms with Crippen molar-refractivity contribution in [3.8, 4) is 11.5 Å². The fourth-order valence-corrected chi connectivity index (χ4v) is 4.23. The molecule has 0 N–H and O–H groups in total. The molecule has 0 aliphatic carbocycles. The summed E-state index contributed by atoms with van der Waals surface area (Å²) in [6.45, 7) is 12.5. The molecule has 0 spiro atoms. The number of aryl methyl sites for hydroxylation is 2. The average molecular weight is 425 g/mol. The SMILES string of the molecule is CCOC(C)Oc1ccc(PC(=O)c2c(C)cccc2C)c(OC(C)OCC)c1.[Li+]. The first-order chi connectivity index (χ1) is 13.8. The maximum Gasteiger partial charge on any atom is 1.00 e. The van der Waals surface area contributed by atoms with Crippen molar-refractivity contribution in [2.24, 2.45) is 0 Å². The molecule has 30 heavy (non-hydrogen) atoms. The molecule has 0 bridgehead atoms. The largest absolute Gasteiger partial charge is 1.00 e. The van der Waals surface area contributed by atoms with Gasteiger partial charge in [-0.25, -0.2) is 0 Å². The van der Waals surface area contributed by atoms with Gasteiger partial charge in [0, 0.05) is 30.1 Å². The van der Waals surface area contributed by atoms with E-state index in [2.05, 4.69) is 0 Å². The van der Waals surface area contributed by atoms with E-state index in [1.807, 2.05) is 71.9 Å². The van der Waals surface area contributed by atoms with Crippen molar-refractivity contribution in [2.75, 3.05) is 13.2 Å². The molecule has 0 aliphatic rings. The predicted octanol–water partition coefficient (Wildman–Crippen LogP) is 1.97. The number of benzene rings is 2. The summed E-state index contributed by atoms with van der Waals surface area (Å²) in [5.74, 6) is 1.21. The van der Waals surface area contributed by atoms with Crippen LogP contribution in [-0.2, 0) is 9.47 Å². The summed E-state index contributed by atoms with van der Waals surface area (Å²) in [6, 6.07) is 11.4. The molecular weight excluding hydrogens is 394 g/mol. The molecule has 0 radical (unpaired) electrons. The molecule has 0 saturated carbocycles. The molecule has 7 heteroatoms. The van der Waals surface area contributed by atoms with E-state index in [9.17, 15) is 4.79 Å². The molecular formula is C23H31LiO5P+. The second-order valence-corrected chi connectivity index (χ2v) is 7.90. The zero-order valence-electron chi connectivity index (χ0n) is 19.1. The molecule has 3 atom stereocenters. The van der Waals surface area contributed by atoms with Crippen LogP contribution in [0, 0.1) is 13.8 Å². The molecule has 0 aliphatic heterocycles. The van der Waals surface area contributed by atoms with Gasteiger partial charge in [0.1, 0.15) is 11.5 Å². The molecule has 2 aromatic rings. The van der Waals surface area contributed by atoms with Gasteiger partial charge in [0.25, 0.3) is 0 Å². The number of ether oxygens (including phenoxy) is 4. The molecule has 0 fully saturated rings. The first kappa shape index (κ1) is 26.7. The Morgan fingerprint density at radius 1 is 0.933 bits per heavy atom. The summed E-state index contributed by atoms with van der Waals surface area (Å²) in [5, 5.41) is 0.820. The van der Waals surface area contributed by atoms with E-state index in [4.69, 9.17) is 18.9 Å². The summed E-state index contributed by atoms with van der Waals surface area (Å²) < 4.78 is 22.7. The van der Waals surface area contributed by atoms with Crippen molar-refractivity contribution in [1.29, 1.82) is 0 Å². The molecule has 0 heterocycles. The molecule has 5 nitrogen and oxygen atoms in total.